The van der Waals surface area contributed by atoms with Gasteiger partial charge in [-0.25, -0.2) is 0 Å². The van der Waals surface area contributed by atoms with E-state index in [1.54, 1.807) is 0 Å². The van der Waals surface area contributed by atoms with E-state index in [9.17, 15) is 0 Å². The lowest BCUT2D eigenvalue weighted by Gasteiger charge is -2.21. The molecule has 3 aromatic rings. The predicted octanol–water partition coefficient (Wildman–Crippen LogP) is 3.99. The molecule has 0 aliphatic carbocycles. The van der Waals surface area contributed by atoms with Gasteiger partial charge in [0.05, 0.1) is 8.07 Å². The van der Waals surface area contributed by atoms with Gasteiger partial charge in [0.15, 0.2) is 0 Å². The zero-order valence-corrected chi connectivity index (χ0v) is 15.9. The molecular formula is C21H23PSi. The fraction of sp³-hybridized carbons (Fsp3) is 0.143. The van der Waals surface area contributed by atoms with Crippen molar-refractivity contribution >= 4 is 37.1 Å². The molecule has 0 saturated heterocycles. The molecule has 0 fully saturated rings. The first-order valence-corrected chi connectivity index (χ1v) is 12.9. The third-order valence-corrected chi connectivity index (χ3v) is 8.53. The SMILES string of the molecule is C[Si](C)(C)c1ccc(P(c2ccccc2)c2ccccc2)cc1. The number of benzene rings is 3. The van der Waals surface area contributed by atoms with Crippen LogP contribution < -0.4 is 21.1 Å². The molecule has 0 radical (unpaired) electrons. The van der Waals surface area contributed by atoms with E-state index in [0.29, 0.717) is 0 Å². The largest absolute Gasteiger partial charge is 0.0775 e. The lowest BCUT2D eigenvalue weighted by atomic mass is 10.3. The number of rotatable bonds is 4. The average molecular weight is 334 g/mol. The molecule has 0 heterocycles. The monoisotopic (exact) mass is 334 g/mol. The highest BCUT2D eigenvalue weighted by Crippen LogP contribution is 2.32. The van der Waals surface area contributed by atoms with E-state index in [1.807, 2.05) is 0 Å². The number of hydrogen-bond donors (Lipinski definition) is 0. The van der Waals surface area contributed by atoms with Crippen molar-refractivity contribution in [1.82, 2.24) is 0 Å². The van der Waals surface area contributed by atoms with Crippen LogP contribution in [0.3, 0.4) is 0 Å². The van der Waals surface area contributed by atoms with Gasteiger partial charge >= 0.3 is 0 Å². The minimum absolute atomic E-state index is 0.479. The molecular weight excluding hydrogens is 311 g/mol. The normalized spacial score (nSPS) is 11.7. The fourth-order valence-electron chi connectivity index (χ4n) is 2.71. The summed E-state index contributed by atoms with van der Waals surface area (Å²) in [5.74, 6) is 0. The van der Waals surface area contributed by atoms with Crippen molar-refractivity contribution in [1.29, 1.82) is 0 Å². The summed E-state index contributed by atoms with van der Waals surface area (Å²) >= 11 is 0. The Kier molecular flexibility index (Phi) is 4.80. The molecule has 0 bridgehead atoms. The van der Waals surface area contributed by atoms with E-state index in [-0.39, 0.29) is 0 Å². The summed E-state index contributed by atoms with van der Waals surface area (Å²) in [4.78, 5) is 0. The van der Waals surface area contributed by atoms with E-state index in [1.165, 1.54) is 21.1 Å². The second kappa shape index (κ2) is 6.82. The van der Waals surface area contributed by atoms with Crippen molar-refractivity contribution in [3.63, 3.8) is 0 Å². The van der Waals surface area contributed by atoms with Gasteiger partial charge in [-0.2, -0.15) is 0 Å². The van der Waals surface area contributed by atoms with Crippen LogP contribution in [0, 0.1) is 0 Å². The Bertz CT molecular complexity index is 704. The van der Waals surface area contributed by atoms with Gasteiger partial charge < -0.3 is 0 Å². The number of hydrogen-bond acceptors (Lipinski definition) is 0. The Morgan fingerprint density at radius 2 is 0.913 bits per heavy atom. The summed E-state index contributed by atoms with van der Waals surface area (Å²) in [7, 11) is -1.72. The zero-order valence-electron chi connectivity index (χ0n) is 14.0. The lowest BCUT2D eigenvalue weighted by Crippen LogP contribution is -2.38. The summed E-state index contributed by atoms with van der Waals surface area (Å²) in [5, 5.41) is 5.78. The molecule has 3 aromatic carbocycles. The third-order valence-electron chi connectivity index (χ3n) is 4.02. The molecule has 0 saturated carbocycles. The molecule has 0 nitrogen and oxygen atoms in total. The fourth-order valence-corrected chi connectivity index (χ4v) is 6.16. The van der Waals surface area contributed by atoms with Crippen molar-refractivity contribution < 1.29 is 0 Å². The van der Waals surface area contributed by atoms with Crippen LogP contribution >= 0.6 is 7.92 Å². The molecule has 0 amide bonds. The maximum absolute atomic E-state index is 2.40. The molecule has 2 heteroatoms. The van der Waals surface area contributed by atoms with Crippen molar-refractivity contribution in [3.8, 4) is 0 Å². The summed E-state index contributed by atoms with van der Waals surface area (Å²) in [6.45, 7) is 7.21. The van der Waals surface area contributed by atoms with Gasteiger partial charge in [-0.05, 0) is 23.8 Å². The van der Waals surface area contributed by atoms with Crippen LogP contribution in [-0.4, -0.2) is 8.07 Å². The van der Waals surface area contributed by atoms with Gasteiger partial charge in [0.25, 0.3) is 0 Å². The average Bonchev–Trinajstić information content (AvgIpc) is 2.57. The Labute approximate surface area is 142 Å². The Morgan fingerprint density at radius 3 is 1.30 bits per heavy atom. The summed E-state index contributed by atoms with van der Waals surface area (Å²) < 4.78 is 0. The molecule has 0 spiro atoms. The second-order valence-electron chi connectivity index (χ2n) is 6.80. The molecule has 0 aliphatic rings. The van der Waals surface area contributed by atoms with Gasteiger partial charge in [-0.15, -0.1) is 0 Å². The van der Waals surface area contributed by atoms with Gasteiger partial charge in [-0.1, -0.05) is 110 Å². The van der Waals surface area contributed by atoms with E-state index in [2.05, 4.69) is 105 Å². The summed E-state index contributed by atoms with van der Waals surface area (Å²) in [6, 6.07) is 31.2. The topological polar surface area (TPSA) is 0 Å². The molecule has 0 unspecified atom stereocenters. The van der Waals surface area contributed by atoms with Crippen molar-refractivity contribution in [3.05, 3.63) is 84.9 Å². The Hall–Kier alpha value is -1.69. The van der Waals surface area contributed by atoms with Gasteiger partial charge in [0, 0.05) is 0 Å². The van der Waals surface area contributed by atoms with E-state index in [0.717, 1.165) is 0 Å². The zero-order chi connectivity index (χ0) is 16.3. The van der Waals surface area contributed by atoms with Gasteiger partial charge in [-0.3, -0.25) is 0 Å². The maximum Gasteiger partial charge on any atom is 0.0775 e. The molecule has 0 N–H and O–H groups in total. The lowest BCUT2D eigenvalue weighted by molar-refractivity contribution is 1.70. The van der Waals surface area contributed by atoms with Crippen LogP contribution in [0.25, 0.3) is 0 Å². The second-order valence-corrected chi connectivity index (χ2v) is 14.1. The first-order valence-electron chi connectivity index (χ1n) is 8.06. The molecule has 0 aliphatic heterocycles. The molecule has 0 atom stereocenters. The van der Waals surface area contributed by atoms with Crippen LogP contribution in [0.1, 0.15) is 0 Å². The van der Waals surface area contributed by atoms with Crippen LogP contribution in [-0.2, 0) is 0 Å². The Balaban J connectivity index is 2.06. The highest BCUT2D eigenvalue weighted by molar-refractivity contribution is 7.79. The summed E-state index contributed by atoms with van der Waals surface area (Å²) in [6.07, 6.45) is 0. The molecule has 0 aromatic heterocycles. The third kappa shape index (κ3) is 3.80. The highest BCUT2D eigenvalue weighted by atomic mass is 31.1. The van der Waals surface area contributed by atoms with Crippen molar-refractivity contribution in [2.24, 2.45) is 0 Å². The molecule has 3 rings (SSSR count). The van der Waals surface area contributed by atoms with Crippen LogP contribution in [0.5, 0.6) is 0 Å². The molecule has 23 heavy (non-hydrogen) atoms. The van der Waals surface area contributed by atoms with Crippen molar-refractivity contribution in [2.75, 3.05) is 0 Å². The Morgan fingerprint density at radius 1 is 0.522 bits per heavy atom. The van der Waals surface area contributed by atoms with E-state index >= 15 is 0 Å². The first kappa shape index (κ1) is 16.2. The highest BCUT2D eigenvalue weighted by Gasteiger charge is 2.19. The minimum Gasteiger partial charge on any atom is -0.0656 e. The van der Waals surface area contributed by atoms with Crippen LogP contribution in [0.4, 0.5) is 0 Å². The van der Waals surface area contributed by atoms with Crippen LogP contribution in [0.15, 0.2) is 84.9 Å². The van der Waals surface area contributed by atoms with E-state index < -0.39 is 16.0 Å². The van der Waals surface area contributed by atoms with E-state index in [4.69, 9.17) is 0 Å². The first-order chi connectivity index (χ1) is 11.1. The maximum atomic E-state index is 2.40. The minimum atomic E-state index is -1.24. The van der Waals surface area contributed by atoms with Gasteiger partial charge in [0.1, 0.15) is 0 Å². The quantitative estimate of drug-likeness (QED) is 0.500. The standard InChI is InChI=1S/C21H23PSi/c1-23(2,3)21-16-14-20(15-17-21)22(18-10-6-4-7-11-18)19-12-8-5-9-13-19/h4-17H,1-3H3. The van der Waals surface area contributed by atoms with Gasteiger partial charge in [0.2, 0.25) is 0 Å². The van der Waals surface area contributed by atoms with Crippen LogP contribution in [0.2, 0.25) is 19.6 Å². The molecule has 116 valence electrons. The predicted molar refractivity (Wildman–Crippen MR) is 108 cm³/mol. The smallest absolute Gasteiger partial charge is 0.0656 e. The summed E-state index contributed by atoms with van der Waals surface area (Å²) in [5.41, 5.74) is 0. The van der Waals surface area contributed by atoms with Crippen molar-refractivity contribution in [2.45, 2.75) is 19.6 Å².